The van der Waals surface area contributed by atoms with Gasteiger partial charge in [0.05, 0.1) is 17.7 Å². The van der Waals surface area contributed by atoms with Crippen molar-refractivity contribution in [2.45, 2.75) is 23.7 Å². The summed E-state index contributed by atoms with van der Waals surface area (Å²) in [6.07, 6.45) is 3.60. The molecule has 0 radical (unpaired) electrons. The molecule has 3 aromatic rings. The standard InChI is InChI=1S/C21H18FNO4S/c1-27-16-5-4-6-17(11-16)28(25,26)23-12-15(13-24)20(14-9-10-14)21(23)18-7-2-3-8-19(18)22/h2-8,11-14H,9-10H2,1H3. The molecule has 0 N–H and O–H groups in total. The third-order valence-electron chi connectivity index (χ3n) is 4.88. The highest BCUT2D eigenvalue weighted by molar-refractivity contribution is 7.90. The van der Waals surface area contributed by atoms with E-state index in [4.69, 9.17) is 4.74 Å². The Morgan fingerprint density at radius 2 is 1.89 bits per heavy atom. The number of carbonyl (C=O) groups is 1. The number of methoxy groups -OCH3 is 1. The number of aromatic nitrogens is 1. The van der Waals surface area contributed by atoms with Crippen LogP contribution >= 0.6 is 0 Å². The van der Waals surface area contributed by atoms with Gasteiger partial charge in [0.25, 0.3) is 10.0 Å². The zero-order valence-electron chi connectivity index (χ0n) is 15.1. The fraction of sp³-hybridized carbons (Fsp3) is 0.190. The summed E-state index contributed by atoms with van der Waals surface area (Å²) in [4.78, 5) is 11.7. The first-order valence-corrected chi connectivity index (χ1v) is 10.3. The van der Waals surface area contributed by atoms with Gasteiger partial charge in [0, 0.05) is 23.4 Å². The predicted octanol–water partition coefficient (Wildman–Crippen LogP) is 4.23. The summed E-state index contributed by atoms with van der Waals surface area (Å²) < 4.78 is 47.6. The molecule has 0 saturated heterocycles. The van der Waals surface area contributed by atoms with E-state index in [0.29, 0.717) is 17.6 Å². The molecule has 2 aromatic carbocycles. The van der Waals surface area contributed by atoms with E-state index in [-0.39, 0.29) is 27.6 Å². The summed E-state index contributed by atoms with van der Waals surface area (Å²) >= 11 is 0. The quantitative estimate of drug-likeness (QED) is 0.582. The van der Waals surface area contributed by atoms with Crippen LogP contribution in [-0.2, 0) is 10.0 Å². The summed E-state index contributed by atoms with van der Waals surface area (Å²) in [6.45, 7) is 0. The smallest absolute Gasteiger partial charge is 0.268 e. The molecule has 5 nitrogen and oxygen atoms in total. The van der Waals surface area contributed by atoms with Gasteiger partial charge in [0.15, 0.2) is 6.29 Å². The highest BCUT2D eigenvalue weighted by atomic mass is 32.2. The number of rotatable bonds is 6. The predicted molar refractivity (Wildman–Crippen MR) is 103 cm³/mol. The summed E-state index contributed by atoms with van der Waals surface area (Å²) in [5, 5.41) is 0. The molecule has 0 spiro atoms. The topological polar surface area (TPSA) is 65.4 Å². The molecule has 1 aliphatic rings. The van der Waals surface area contributed by atoms with Crippen molar-refractivity contribution in [3.8, 4) is 17.0 Å². The minimum Gasteiger partial charge on any atom is -0.497 e. The second kappa shape index (κ2) is 6.91. The van der Waals surface area contributed by atoms with E-state index in [1.807, 2.05) is 0 Å². The fourth-order valence-electron chi connectivity index (χ4n) is 3.39. The van der Waals surface area contributed by atoms with Gasteiger partial charge in [-0.15, -0.1) is 0 Å². The van der Waals surface area contributed by atoms with Gasteiger partial charge < -0.3 is 4.74 Å². The van der Waals surface area contributed by atoms with Gasteiger partial charge in [-0.1, -0.05) is 18.2 Å². The normalized spacial score (nSPS) is 14.1. The lowest BCUT2D eigenvalue weighted by molar-refractivity contribution is 0.112. The molecule has 0 bridgehead atoms. The van der Waals surface area contributed by atoms with E-state index >= 15 is 0 Å². The maximum Gasteiger partial charge on any atom is 0.268 e. The van der Waals surface area contributed by atoms with Gasteiger partial charge in [0.2, 0.25) is 0 Å². The molecule has 0 amide bonds. The maximum absolute atomic E-state index is 14.6. The molecule has 0 aliphatic heterocycles. The van der Waals surface area contributed by atoms with E-state index in [9.17, 15) is 17.6 Å². The Morgan fingerprint density at radius 3 is 2.54 bits per heavy atom. The maximum atomic E-state index is 14.6. The first-order chi connectivity index (χ1) is 13.5. The molecular weight excluding hydrogens is 381 g/mol. The Bertz CT molecular complexity index is 1160. The lowest BCUT2D eigenvalue weighted by atomic mass is 10.0. The van der Waals surface area contributed by atoms with E-state index in [2.05, 4.69) is 0 Å². The van der Waals surface area contributed by atoms with Gasteiger partial charge >= 0.3 is 0 Å². The van der Waals surface area contributed by atoms with E-state index < -0.39 is 15.8 Å². The molecule has 1 aromatic heterocycles. The lowest BCUT2D eigenvalue weighted by Crippen LogP contribution is -2.14. The van der Waals surface area contributed by atoms with Crippen molar-refractivity contribution in [1.82, 2.24) is 3.97 Å². The monoisotopic (exact) mass is 399 g/mol. The summed E-state index contributed by atoms with van der Waals surface area (Å²) in [6, 6.07) is 12.0. The van der Waals surface area contributed by atoms with Crippen molar-refractivity contribution in [1.29, 1.82) is 0 Å². The fourth-order valence-corrected chi connectivity index (χ4v) is 4.82. The van der Waals surface area contributed by atoms with Crippen molar-refractivity contribution < 1.29 is 22.3 Å². The van der Waals surface area contributed by atoms with Crippen molar-refractivity contribution >= 4 is 16.3 Å². The minimum absolute atomic E-state index is 0.000708. The highest BCUT2D eigenvalue weighted by Gasteiger charge is 2.35. The Labute approximate surface area is 162 Å². The Hall–Kier alpha value is -2.93. The molecule has 1 fully saturated rings. The van der Waals surface area contributed by atoms with Crippen LogP contribution in [0, 0.1) is 5.82 Å². The summed E-state index contributed by atoms with van der Waals surface area (Å²) in [5.74, 6) is -0.0997. The number of hydrogen-bond acceptors (Lipinski definition) is 4. The largest absolute Gasteiger partial charge is 0.497 e. The Balaban J connectivity index is 2.02. The molecule has 1 heterocycles. The Kier molecular flexibility index (Phi) is 4.55. The lowest BCUT2D eigenvalue weighted by Gasteiger charge is -2.14. The second-order valence-corrected chi connectivity index (χ2v) is 8.51. The number of halogens is 1. The highest BCUT2D eigenvalue weighted by Crippen LogP contribution is 2.47. The summed E-state index contributed by atoms with van der Waals surface area (Å²) in [7, 11) is -2.63. The van der Waals surface area contributed by atoms with Crippen LogP contribution in [0.2, 0.25) is 0 Å². The van der Waals surface area contributed by atoms with Gasteiger partial charge in [-0.3, -0.25) is 4.79 Å². The zero-order valence-corrected chi connectivity index (χ0v) is 15.9. The van der Waals surface area contributed by atoms with Crippen LogP contribution in [0.4, 0.5) is 4.39 Å². The number of nitrogens with zero attached hydrogens (tertiary/aromatic N) is 1. The van der Waals surface area contributed by atoms with Crippen LogP contribution < -0.4 is 4.74 Å². The van der Waals surface area contributed by atoms with Crippen LogP contribution in [-0.4, -0.2) is 25.8 Å². The molecule has 144 valence electrons. The number of benzene rings is 2. The molecule has 7 heteroatoms. The number of ether oxygens (including phenoxy) is 1. The second-order valence-electron chi connectivity index (χ2n) is 6.70. The van der Waals surface area contributed by atoms with Crippen molar-refractivity contribution in [3.05, 3.63) is 71.7 Å². The Morgan fingerprint density at radius 1 is 1.14 bits per heavy atom. The van der Waals surface area contributed by atoms with E-state index in [1.54, 1.807) is 24.3 Å². The first kappa shape index (κ1) is 18.4. The van der Waals surface area contributed by atoms with Crippen LogP contribution in [0.5, 0.6) is 5.75 Å². The average Bonchev–Trinajstić information content (AvgIpc) is 3.47. The number of aldehydes is 1. The molecule has 28 heavy (non-hydrogen) atoms. The molecule has 0 unspecified atom stereocenters. The first-order valence-electron chi connectivity index (χ1n) is 8.82. The molecular formula is C21H18FNO4S. The zero-order chi connectivity index (χ0) is 19.9. The van der Waals surface area contributed by atoms with Crippen LogP contribution in [0.3, 0.4) is 0 Å². The summed E-state index contributed by atoms with van der Waals surface area (Å²) in [5.41, 5.74) is 1.23. The van der Waals surface area contributed by atoms with E-state index in [1.165, 1.54) is 37.6 Å². The van der Waals surface area contributed by atoms with Gasteiger partial charge in [0.1, 0.15) is 11.6 Å². The average molecular weight is 399 g/mol. The van der Waals surface area contributed by atoms with Gasteiger partial charge in [-0.2, -0.15) is 0 Å². The van der Waals surface area contributed by atoms with Crippen molar-refractivity contribution in [3.63, 3.8) is 0 Å². The number of hydrogen-bond donors (Lipinski definition) is 0. The van der Waals surface area contributed by atoms with E-state index in [0.717, 1.165) is 16.8 Å². The molecule has 1 aliphatic carbocycles. The van der Waals surface area contributed by atoms with Crippen LogP contribution in [0.25, 0.3) is 11.3 Å². The van der Waals surface area contributed by atoms with Gasteiger partial charge in [-0.05, 0) is 48.6 Å². The van der Waals surface area contributed by atoms with Crippen molar-refractivity contribution in [2.75, 3.05) is 7.11 Å². The molecule has 1 saturated carbocycles. The van der Waals surface area contributed by atoms with Crippen molar-refractivity contribution in [2.24, 2.45) is 0 Å². The third kappa shape index (κ3) is 3.01. The molecule has 4 rings (SSSR count). The minimum atomic E-state index is -4.07. The number of carbonyl (C=O) groups excluding carboxylic acids is 1. The molecule has 0 atom stereocenters. The third-order valence-corrected chi connectivity index (χ3v) is 6.54. The SMILES string of the molecule is COc1cccc(S(=O)(=O)n2cc(C=O)c(C3CC3)c2-c2ccccc2F)c1. The van der Waals surface area contributed by atoms with Crippen LogP contribution in [0.15, 0.2) is 59.6 Å². The van der Waals surface area contributed by atoms with Gasteiger partial charge in [-0.25, -0.2) is 16.8 Å². The van der Waals surface area contributed by atoms with Crippen LogP contribution in [0.1, 0.15) is 34.7 Å².